The van der Waals surface area contributed by atoms with Crippen LogP contribution in [0.2, 0.25) is 0 Å². The van der Waals surface area contributed by atoms with Gasteiger partial charge in [-0.1, -0.05) is 0 Å². The van der Waals surface area contributed by atoms with E-state index in [9.17, 15) is 10.1 Å². The lowest BCUT2D eigenvalue weighted by Crippen LogP contribution is -2.10. The minimum absolute atomic E-state index is 0.00140. The highest BCUT2D eigenvalue weighted by molar-refractivity contribution is 5.43. The quantitative estimate of drug-likeness (QED) is 0.443. The molecule has 0 saturated heterocycles. The number of rotatable bonds is 3. The Labute approximate surface area is 92.4 Å². The van der Waals surface area contributed by atoms with Gasteiger partial charge in [-0.2, -0.15) is 15.5 Å². The summed E-state index contributed by atoms with van der Waals surface area (Å²) in [6.45, 7) is 3.25. The molecule has 0 aliphatic heterocycles. The van der Waals surface area contributed by atoms with E-state index < -0.39 is 10.5 Å². The Morgan fingerprint density at radius 2 is 1.94 bits per heavy atom. The molecule has 0 bridgehead atoms. The van der Waals surface area contributed by atoms with Gasteiger partial charge in [0.05, 0.1) is 16.7 Å². The van der Waals surface area contributed by atoms with E-state index >= 15 is 0 Å². The summed E-state index contributed by atoms with van der Waals surface area (Å²) in [6, 6.07) is 7.62. The lowest BCUT2D eigenvalue weighted by Gasteiger charge is -2.04. The fourth-order valence-corrected chi connectivity index (χ4v) is 0.846. The van der Waals surface area contributed by atoms with Crippen molar-refractivity contribution in [2.24, 2.45) is 10.2 Å². The maximum atomic E-state index is 10.4. The van der Waals surface area contributed by atoms with Crippen LogP contribution in [0, 0.1) is 21.4 Å². The molecule has 0 radical (unpaired) electrons. The van der Waals surface area contributed by atoms with Crippen molar-refractivity contribution in [2.45, 2.75) is 19.4 Å². The van der Waals surface area contributed by atoms with Crippen molar-refractivity contribution in [3.8, 4) is 6.07 Å². The maximum Gasteiger partial charge on any atom is 0.269 e. The van der Waals surface area contributed by atoms with Gasteiger partial charge in [-0.3, -0.25) is 10.1 Å². The van der Waals surface area contributed by atoms with Gasteiger partial charge in [-0.05, 0) is 26.0 Å². The van der Waals surface area contributed by atoms with E-state index in [4.69, 9.17) is 5.26 Å². The van der Waals surface area contributed by atoms with E-state index in [-0.39, 0.29) is 5.69 Å². The van der Waals surface area contributed by atoms with Crippen molar-refractivity contribution in [1.29, 1.82) is 5.26 Å². The SMILES string of the molecule is CC(C)(C#N)N=Nc1ccc([N+](=O)[O-])cc1. The molecular formula is C10H10N4O2. The number of nitro benzene ring substituents is 1. The molecule has 0 spiro atoms. The van der Waals surface area contributed by atoms with Crippen molar-refractivity contribution in [2.75, 3.05) is 0 Å². The van der Waals surface area contributed by atoms with E-state index in [0.29, 0.717) is 5.69 Å². The zero-order valence-electron chi connectivity index (χ0n) is 8.91. The van der Waals surface area contributed by atoms with Gasteiger partial charge in [0.2, 0.25) is 0 Å². The first-order valence-corrected chi connectivity index (χ1v) is 4.53. The van der Waals surface area contributed by atoms with Crippen molar-refractivity contribution in [3.63, 3.8) is 0 Å². The summed E-state index contributed by atoms with van der Waals surface area (Å²) in [5.74, 6) is 0. The molecule has 0 atom stereocenters. The van der Waals surface area contributed by atoms with Gasteiger partial charge >= 0.3 is 0 Å². The average molecular weight is 218 g/mol. The second-order valence-corrected chi connectivity index (χ2v) is 3.64. The number of azo groups is 1. The first kappa shape index (κ1) is 11.8. The summed E-state index contributed by atoms with van der Waals surface area (Å²) in [6.07, 6.45) is 0. The summed E-state index contributed by atoms with van der Waals surface area (Å²) in [5, 5.41) is 26.7. The van der Waals surface area contributed by atoms with Crippen LogP contribution in [0.5, 0.6) is 0 Å². The molecule has 82 valence electrons. The first-order chi connectivity index (χ1) is 7.44. The van der Waals surface area contributed by atoms with Crippen molar-refractivity contribution >= 4 is 11.4 Å². The van der Waals surface area contributed by atoms with E-state index in [0.717, 1.165) is 0 Å². The zero-order valence-corrected chi connectivity index (χ0v) is 8.91. The number of benzene rings is 1. The van der Waals surface area contributed by atoms with Crippen molar-refractivity contribution < 1.29 is 4.92 Å². The lowest BCUT2D eigenvalue weighted by atomic mass is 10.1. The Morgan fingerprint density at radius 3 is 2.38 bits per heavy atom. The molecule has 0 saturated carbocycles. The maximum absolute atomic E-state index is 10.4. The van der Waals surface area contributed by atoms with E-state index in [1.165, 1.54) is 24.3 Å². The highest BCUT2D eigenvalue weighted by Crippen LogP contribution is 2.20. The topological polar surface area (TPSA) is 91.7 Å². The minimum atomic E-state index is -0.887. The van der Waals surface area contributed by atoms with E-state index in [1.807, 2.05) is 6.07 Å². The monoisotopic (exact) mass is 218 g/mol. The molecule has 0 aromatic heterocycles. The van der Waals surface area contributed by atoms with Gasteiger partial charge < -0.3 is 0 Å². The van der Waals surface area contributed by atoms with Crippen LogP contribution in [-0.4, -0.2) is 10.5 Å². The summed E-state index contributed by atoms with van der Waals surface area (Å²) in [7, 11) is 0. The van der Waals surface area contributed by atoms with Crippen LogP contribution in [0.15, 0.2) is 34.5 Å². The van der Waals surface area contributed by atoms with Crippen LogP contribution in [0.4, 0.5) is 11.4 Å². The van der Waals surface area contributed by atoms with Gasteiger partial charge in [0.15, 0.2) is 5.54 Å². The molecule has 1 aromatic carbocycles. The number of nitrogens with zero attached hydrogens (tertiary/aromatic N) is 4. The molecule has 0 aliphatic carbocycles. The number of non-ortho nitro benzene ring substituents is 1. The van der Waals surface area contributed by atoms with Crippen LogP contribution >= 0.6 is 0 Å². The Morgan fingerprint density at radius 1 is 1.38 bits per heavy atom. The third-order valence-electron chi connectivity index (χ3n) is 1.75. The fraction of sp³-hybridized carbons (Fsp3) is 0.300. The van der Waals surface area contributed by atoms with Crippen LogP contribution in [0.1, 0.15) is 13.8 Å². The van der Waals surface area contributed by atoms with Crippen molar-refractivity contribution in [1.82, 2.24) is 0 Å². The highest BCUT2D eigenvalue weighted by Gasteiger charge is 2.14. The third kappa shape index (κ3) is 3.13. The van der Waals surface area contributed by atoms with Gasteiger partial charge in [0.1, 0.15) is 0 Å². The van der Waals surface area contributed by atoms with Crippen molar-refractivity contribution in [3.05, 3.63) is 34.4 Å². The number of nitro groups is 1. The Balaban J connectivity index is 2.85. The van der Waals surface area contributed by atoms with Crippen LogP contribution in [0.25, 0.3) is 0 Å². The second kappa shape index (κ2) is 4.49. The third-order valence-corrected chi connectivity index (χ3v) is 1.75. The summed E-state index contributed by atoms with van der Waals surface area (Å²) < 4.78 is 0. The zero-order chi connectivity index (χ0) is 12.2. The largest absolute Gasteiger partial charge is 0.269 e. The molecule has 0 N–H and O–H groups in total. The molecule has 6 heteroatoms. The van der Waals surface area contributed by atoms with Gasteiger partial charge in [-0.15, -0.1) is 0 Å². The van der Waals surface area contributed by atoms with E-state index in [2.05, 4.69) is 10.2 Å². The van der Waals surface area contributed by atoms with Crippen LogP contribution < -0.4 is 0 Å². The molecule has 0 fully saturated rings. The molecule has 1 aromatic rings. The molecule has 0 aliphatic rings. The Bertz CT molecular complexity index is 457. The molecule has 6 nitrogen and oxygen atoms in total. The Kier molecular flexibility index (Phi) is 3.30. The normalized spacial score (nSPS) is 11.3. The lowest BCUT2D eigenvalue weighted by molar-refractivity contribution is -0.384. The molecule has 16 heavy (non-hydrogen) atoms. The summed E-state index contributed by atoms with van der Waals surface area (Å²) in [5.41, 5.74) is -0.408. The molecular weight excluding hydrogens is 208 g/mol. The smallest absolute Gasteiger partial charge is 0.258 e. The van der Waals surface area contributed by atoms with Crippen LogP contribution in [0.3, 0.4) is 0 Å². The van der Waals surface area contributed by atoms with E-state index in [1.54, 1.807) is 13.8 Å². The first-order valence-electron chi connectivity index (χ1n) is 4.53. The number of hydrogen-bond donors (Lipinski definition) is 0. The number of nitriles is 1. The average Bonchev–Trinajstić information content (AvgIpc) is 2.27. The summed E-state index contributed by atoms with van der Waals surface area (Å²) in [4.78, 5) is 9.90. The van der Waals surface area contributed by atoms with Gasteiger partial charge in [0, 0.05) is 12.1 Å². The Hall–Kier alpha value is -2.29. The molecule has 0 amide bonds. The predicted molar refractivity (Wildman–Crippen MR) is 57.3 cm³/mol. The van der Waals surface area contributed by atoms with Gasteiger partial charge in [-0.25, -0.2) is 0 Å². The van der Waals surface area contributed by atoms with Gasteiger partial charge in [0.25, 0.3) is 5.69 Å². The standard InChI is InChI=1S/C10H10N4O2/c1-10(2,7-11)13-12-8-3-5-9(6-4-8)14(15)16/h3-6H,1-2H3. The fourth-order valence-electron chi connectivity index (χ4n) is 0.846. The van der Waals surface area contributed by atoms with Crippen LogP contribution in [-0.2, 0) is 0 Å². The number of hydrogen-bond acceptors (Lipinski definition) is 5. The highest BCUT2D eigenvalue weighted by atomic mass is 16.6. The molecule has 1 rings (SSSR count). The summed E-state index contributed by atoms with van der Waals surface area (Å²) >= 11 is 0. The molecule has 0 unspecified atom stereocenters. The minimum Gasteiger partial charge on any atom is -0.258 e. The molecule has 0 heterocycles. The predicted octanol–water partition coefficient (Wildman–Crippen LogP) is 2.98. The second-order valence-electron chi connectivity index (χ2n) is 3.64.